The molecule has 12 heteroatoms. The van der Waals surface area contributed by atoms with E-state index in [1.54, 1.807) is 24.3 Å². The number of nitro groups is 1. The van der Waals surface area contributed by atoms with Gasteiger partial charge in [0, 0.05) is 20.7 Å². The van der Waals surface area contributed by atoms with Crippen molar-refractivity contribution in [3.05, 3.63) is 62.9 Å². The van der Waals surface area contributed by atoms with Crippen LogP contribution in [0.3, 0.4) is 0 Å². The second kappa shape index (κ2) is 8.15. The van der Waals surface area contributed by atoms with Gasteiger partial charge in [0.1, 0.15) is 5.69 Å². The molecule has 0 aliphatic heterocycles. The standard InChI is InChI=1S/C20H19N5O6S/c1-24(9-10-31-2)32(29,30)12-7-8-14-13(11-12)19(25(27)28)17(21-14)18-20(26)23-16-6-4-3-5-15(16)22-18/h3-8,11,21H,9-10H2,1-2H3,(H,23,26). The molecule has 0 amide bonds. The van der Waals surface area contributed by atoms with E-state index in [4.69, 9.17) is 4.74 Å². The average molecular weight is 457 g/mol. The lowest BCUT2D eigenvalue weighted by atomic mass is 10.2. The van der Waals surface area contributed by atoms with Gasteiger partial charge in [-0.15, -0.1) is 0 Å². The van der Waals surface area contributed by atoms with Crippen LogP contribution in [0.5, 0.6) is 0 Å². The van der Waals surface area contributed by atoms with Crippen molar-refractivity contribution in [1.29, 1.82) is 0 Å². The Hall–Kier alpha value is -3.61. The lowest BCUT2D eigenvalue weighted by molar-refractivity contribution is -0.382. The van der Waals surface area contributed by atoms with Crippen LogP contribution in [-0.2, 0) is 14.8 Å². The fraction of sp³-hybridized carbons (Fsp3) is 0.200. The number of fused-ring (bicyclic) bond motifs is 2. The lowest BCUT2D eigenvalue weighted by Gasteiger charge is -2.16. The molecule has 4 rings (SSSR count). The number of nitrogens with zero attached hydrogens (tertiary/aromatic N) is 3. The fourth-order valence-corrected chi connectivity index (χ4v) is 4.58. The van der Waals surface area contributed by atoms with Crippen molar-refractivity contribution in [2.24, 2.45) is 0 Å². The van der Waals surface area contributed by atoms with E-state index < -0.39 is 26.2 Å². The van der Waals surface area contributed by atoms with Crippen LogP contribution >= 0.6 is 0 Å². The van der Waals surface area contributed by atoms with E-state index in [-0.39, 0.29) is 34.8 Å². The molecule has 2 aromatic heterocycles. The minimum atomic E-state index is -3.90. The molecule has 0 fully saturated rings. The maximum Gasteiger partial charge on any atom is 0.304 e. The van der Waals surface area contributed by atoms with Crippen LogP contribution in [0.2, 0.25) is 0 Å². The number of likely N-dealkylation sites (N-methyl/N-ethyl adjacent to an activating group) is 1. The smallest absolute Gasteiger partial charge is 0.304 e. The molecule has 0 spiro atoms. The van der Waals surface area contributed by atoms with E-state index in [1.165, 1.54) is 32.4 Å². The first-order chi connectivity index (χ1) is 15.2. The number of aromatic nitrogens is 3. The summed E-state index contributed by atoms with van der Waals surface area (Å²) < 4.78 is 31.7. The molecule has 11 nitrogen and oxygen atoms in total. The van der Waals surface area contributed by atoms with E-state index in [1.807, 2.05) is 0 Å². The Morgan fingerprint density at radius 2 is 1.91 bits per heavy atom. The third-order valence-corrected chi connectivity index (χ3v) is 6.93. The molecule has 2 aromatic carbocycles. The predicted octanol–water partition coefficient (Wildman–Crippen LogP) is 2.25. The van der Waals surface area contributed by atoms with Crippen LogP contribution < -0.4 is 5.56 Å². The number of H-pyrrole nitrogens is 2. The number of sulfonamides is 1. The largest absolute Gasteiger partial charge is 0.383 e. The lowest BCUT2D eigenvalue weighted by Crippen LogP contribution is -2.30. The molecule has 0 unspecified atom stereocenters. The summed E-state index contributed by atoms with van der Waals surface area (Å²) in [5.74, 6) is 0. The van der Waals surface area contributed by atoms with Crippen molar-refractivity contribution in [3.8, 4) is 11.4 Å². The highest BCUT2D eigenvalue weighted by atomic mass is 32.2. The molecule has 2 heterocycles. The number of aromatic amines is 2. The molecule has 0 bridgehead atoms. The molecule has 0 radical (unpaired) electrons. The summed E-state index contributed by atoms with van der Waals surface area (Å²) >= 11 is 0. The molecular formula is C20H19N5O6S. The molecule has 4 aromatic rings. The van der Waals surface area contributed by atoms with E-state index >= 15 is 0 Å². The van der Waals surface area contributed by atoms with Crippen molar-refractivity contribution in [1.82, 2.24) is 19.3 Å². The fourth-order valence-electron chi connectivity index (χ4n) is 3.40. The van der Waals surface area contributed by atoms with Gasteiger partial charge in [0.15, 0.2) is 5.69 Å². The van der Waals surface area contributed by atoms with Crippen molar-refractivity contribution in [3.63, 3.8) is 0 Å². The summed E-state index contributed by atoms with van der Waals surface area (Å²) in [5.41, 5.74) is -0.0342. The number of benzene rings is 2. The van der Waals surface area contributed by atoms with Gasteiger partial charge in [-0.3, -0.25) is 14.9 Å². The second-order valence-electron chi connectivity index (χ2n) is 7.06. The third kappa shape index (κ3) is 3.64. The summed E-state index contributed by atoms with van der Waals surface area (Å²) in [4.78, 5) is 33.6. The molecule has 0 saturated heterocycles. The van der Waals surface area contributed by atoms with Gasteiger partial charge in [-0.05, 0) is 30.3 Å². The van der Waals surface area contributed by atoms with E-state index in [0.717, 1.165) is 4.31 Å². The molecule has 0 atom stereocenters. The summed E-state index contributed by atoms with van der Waals surface area (Å²) in [6.45, 7) is 0.316. The highest BCUT2D eigenvalue weighted by Crippen LogP contribution is 2.36. The minimum Gasteiger partial charge on any atom is -0.383 e. The van der Waals surface area contributed by atoms with Gasteiger partial charge in [-0.25, -0.2) is 13.4 Å². The number of ether oxygens (including phenoxy) is 1. The van der Waals surface area contributed by atoms with Crippen molar-refractivity contribution >= 4 is 37.6 Å². The van der Waals surface area contributed by atoms with Crippen LogP contribution in [-0.4, -0.2) is 59.9 Å². The summed E-state index contributed by atoms with van der Waals surface area (Å²) in [6, 6.07) is 10.8. The minimum absolute atomic E-state index is 0.0561. The van der Waals surface area contributed by atoms with E-state index in [9.17, 15) is 23.3 Å². The second-order valence-corrected chi connectivity index (χ2v) is 9.11. The molecular weight excluding hydrogens is 438 g/mol. The first kappa shape index (κ1) is 21.6. The van der Waals surface area contributed by atoms with Crippen LogP contribution in [0.4, 0.5) is 5.69 Å². The zero-order valence-electron chi connectivity index (χ0n) is 17.2. The Morgan fingerprint density at radius 1 is 1.16 bits per heavy atom. The Balaban J connectivity index is 1.92. The zero-order valence-corrected chi connectivity index (χ0v) is 18.0. The highest BCUT2D eigenvalue weighted by Gasteiger charge is 2.29. The predicted molar refractivity (Wildman–Crippen MR) is 118 cm³/mol. The van der Waals surface area contributed by atoms with E-state index in [0.29, 0.717) is 16.6 Å². The number of rotatable bonds is 7. The first-order valence-electron chi connectivity index (χ1n) is 9.49. The normalized spacial score (nSPS) is 12.1. The Kier molecular flexibility index (Phi) is 5.50. The van der Waals surface area contributed by atoms with Crippen LogP contribution in [0, 0.1) is 10.1 Å². The van der Waals surface area contributed by atoms with E-state index in [2.05, 4.69) is 15.0 Å². The number of para-hydroxylation sites is 2. The summed E-state index contributed by atoms with van der Waals surface area (Å²) in [5, 5.41) is 12.0. The van der Waals surface area contributed by atoms with Crippen LogP contribution in [0.1, 0.15) is 0 Å². The maximum absolute atomic E-state index is 12.9. The Labute approximate surface area is 181 Å². The number of hydrogen-bond donors (Lipinski definition) is 2. The van der Waals surface area contributed by atoms with Crippen LogP contribution in [0.25, 0.3) is 33.3 Å². The van der Waals surface area contributed by atoms with Gasteiger partial charge in [-0.2, -0.15) is 4.31 Å². The Morgan fingerprint density at radius 3 is 2.62 bits per heavy atom. The van der Waals surface area contributed by atoms with Crippen molar-refractivity contribution in [2.45, 2.75) is 4.90 Å². The molecule has 166 valence electrons. The van der Waals surface area contributed by atoms with Crippen molar-refractivity contribution in [2.75, 3.05) is 27.3 Å². The van der Waals surface area contributed by atoms with Crippen LogP contribution in [0.15, 0.2) is 52.2 Å². The number of nitrogens with one attached hydrogen (secondary N) is 2. The molecule has 0 saturated carbocycles. The third-order valence-electron chi connectivity index (χ3n) is 5.08. The van der Waals surface area contributed by atoms with Gasteiger partial charge >= 0.3 is 5.69 Å². The number of methoxy groups -OCH3 is 1. The van der Waals surface area contributed by atoms with Gasteiger partial charge in [0.2, 0.25) is 10.0 Å². The maximum atomic E-state index is 12.9. The van der Waals surface area contributed by atoms with Crippen molar-refractivity contribution < 1.29 is 18.1 Å². The molecule has 0 aliphatic rings. The average Bonchev–Trinajstić information content (AvgIpc) is 3.15. The SMILES string of the molecule is COCCN(C)S(=O)(=O)c1ccc2[nH]c(-c3nc4ccccc4[nH]c3=O)c([N+](=O)[O-])c2c1. The summed E-state index contributed by atoms with van der Waals surface area (Å²) in [6.07, 6.45) is 0. The van der Waals surface area contributed by atoms with Gasteiger partial charge in [0.25, 0.3) is 5.56 Å². The van der Waals surface area contributed by atoms with Gasteiger partial charge in [-0.1, -0.05) is 12.1 Å². The molecule has 0 aliphatic carbocycles. The number of hydrogen-bond acceptors (Lipinski definition) is 7. The first-order valence-corrected chi connectivity index (χ1v) is 10.9. The Bertz CT molecular complexity index is 1510. The summed E-state index contributed by atoms with van der Waals surface area (Å²) in [7, 11) is -1.05. The van der Waals surface area contributed by atoms with Gasteiger partial charge in [0.05, 0.1) is 38.4 Å². The molecule has 32 heavy (non-hydrogen) atoms. The zero-order chi connectivity index (χ0) is 23.0. The highest BCUT2D eigenvalue weighted by molar-refractivity contribution is 7.89. The quantitative estimate of drug-likeness (QED) is 0.319. The molecule has 2 N–H and O–H groups in total. The van der Waals surface area contributed by atoms with Gasteiger partial charge < -0.3 is 14.7 Å². The monoisotopic (exact) mass is 457 g/mol. The topological polar surface area (TPSA) is 151 Å².